The van der Waals surface area contributed by atoms with Crippen molar-refractivity contribution in [2.75, 3.05) is 6.61 Å². The molecule has 4 aliphatic carbocycles. The molecule has 0 bridgehead atoms. The Bertz CT molecular complexity index is 926. The minimum atomic E-state index is -0.978. The summed E-state index contributed by atoms with van der Waals surface area (Å²) < 4.78 is 16.6. The maximum atomic E-state index is 12.5. The summed E-state index contributed by atoms with van der Waals surface area (Å²) in [7, 11) is 0. The number of ether oxygens (including phenoxy) is 3. The van der Waals surface area contributed by atoms with Crippen molar-refractivity contribution in [1.29, 1.82) is 0 Å². The Morgan fingerprint density at radius 3 is 2.41 bits per heavy atom. The summed E-state index contributed by atoms with van der Waals surface area (Å²) in [6, 6.07) is 0. The lowest BCUT2D eigenvalue weighted by Gasteiger charge is -2.63. The van der Waals surface area contributed by atoms with Gasteiger partial charge in [0.25, 0.3) is 0 Å². The predicted octanol–water partition coefficient (Wildman–Crippen LogP) is 3.72. The van der Waals surface area contributed by atoms with E-state index in [1.165, 1.54) is 13.8 Å². The molecule has 2 unspecified atom stereocenters. The van der Waals surface area contributed by atoms with Crippen LogP contribution in [0.1, 0.15) is 79.1 Å². The van der Waals surface area contributed by atoms with Crippen LogP contribution in [0, 0.1) is 34.5 Å². The van der Waals surface area contributed by atoms with Crippen LogP contribution in [0.15, 0.2) is 11.6 Å². The smallest absolute Gasteiger partial charge is 0.331 e. The molecule has 188 valence electrons. The van der Waals surface area contributed by atoms with E-state index in [0.717, 1.165) is 50.5 Å². The van der Waals surface area contributed by atoms with Crippen LogP contribution in [0.5, 0.6) is 0 Å². The normalized spacial score (nSPS) is 47.6. The van der Waals surface area contributed by atoms with Gasteiger partial charge in [-0.15, -0.1) is 0 Å². The Balaban J connectivity index is 1.46. The van der Waals surface area contributed by atoms with Gasteiger partial charge < -0.3 is 19.3 Å². The maximum Gasteiger partial charge on any atom is 0.331 e. The Morgan fingerprint density at radius 2 is 1.76 bits per heavy atom. The minimum Gasteiger partial charge on any atom is -0.463 e. The predicted molar refractivity (Wildman–Crippen MR) is 122 cm³/mol. The van der Waals surface area contributed by atoms with Gasteiger partial charge in [0.1, 0.15) is 18.8 Å². The second kappa shape index (κ2) is 8.07. The van der Waals surface area contributed by atoms with Crippen molar-refractivity contribution in [1.82, 2.24) is 0 Å². The molecule has 0 spiro atoms. The van der Waals surface area contributed by atoms with Crippen molar-refractivity contribution < 1.29 is 33.7 Å². The van der Waals surface area contributed by atoms with Gasteiger partial charge in [-0.3, -0.25) is 9.59 Å². The first kappa shape index (κ1) is 23.8. The van der Waals surface area contributed by atoms with Crippen molar-refractivity contribution in [3.63, 3.8) is 0 Å². The fourth-order valence-electron chi connectivity index (χ4n) is 9.08. The molecule has 4 saturated carbocycles. The summed E-state index contributed by atoms with van der Waals surface area (Å²) in [6.07, 6.45) is 7.98. The average Bonchev–Trinajstić information content (AvgIpc) is 3.25. The first-order valence-corrected chi connectivity index (χ1v) is 12.9. The summed E-state index contributed by atoms with van der Waals surface area (Å²) >= 11 is 0. The van der Waals surface area contributed by atoms with Gasteiger partial charge in [-0.2, -0.15) is 0 Å². The van der Waals surface area contributed by atoms with Crippen LogP contribution in [-0.2, 0) is 28.6 Å². The molecule has 1 aliphatic heterocycles. The Labute approximate surface area is 201 Å². The van der Waals surface area contributed by atoms with Gasteiger partial charge >= 0.3 is 17.9 Å². The first-order valence-electron chi connectivity index (χ1n) is 12.9. The van der Waals surface area contributed by atoms with Crippen LogP contribution in [0.4, 0.5) is 0 Å². The molecule has 4 fully saturated rings. The lowest BCUT2D eigenvalue weighted by molar-refractivity contribution is -0.210. The summed E-state index contributed by atoms with van der Waals surface area (Å²) in [4.78, 5) is 35.4. The second-order valence-corrected chi connectivity index (χ2v) is 12.0. The van der Waals surface area contributed by atoms with E-state index in [4.69, 9.17) is 14.2 Å². The Hall–Kier alpha value is -1.89. The maximum absolute atomic E-state index is 12.5. The van der Waals surface area contributed by atoms with E-state index in [1.54, 1.807) is 6.08 Å². The van der Waals surface area contributed by atoms with E-state index in [2.05, 4.69) is 13.8 Å². The molecule has 9 atom stereocenters. The van der Waals surface area contributed by atoms with E-state index in [-0.39, 0.29) is 47.9 Å². The highest BCUT2D eigenvalue weighted by Gasteiger charge is 2.71. The third-order valence-corrected chi connectivity index (χ3v) is 10.5. The zero-order valence-electron chi connectivity index (χ0n) is 20.8. The van der Waals surface area contributed by atoms with Gasteiger partial charge in [0, 0.05) is 37.7 Å². The first-order chi connectivity index (χ1) is 16.0. The highest BCUT2D eigenvalue weighted by Crippen LogP contribution is 2.70. The molecule has 0 aromatic rings. The Morgan fingerprint density at radius 1 is 1.03 bits per heavy atom. The highest BCUT2D eigenvalue weighted by atomic mass is 16.6. The largest absolute Gasteiger partial charge is 0.463 e. The van der Waals surface area contributed by atoms with E-state index in [0.29, 0.717) is 18.3 Å². The molecule has 1 N–H and O–H groups in total. The number of carbonyl (C=O) groups excluding carboxylic acids is 3. The standard InChI is InChI=1S/C27H38O7/c1-15(28)33-19-7-9-25(3)18(12-19)5-6-21-20(25)8-10-26(4)24(17-11-23(30)32-14-17)22(34-16(2)29)13-27(21,26)31/h11,18-22,24,31H,5-10,12-14H2,1-4H3/t18-,19+,20?,21?,22+,24+,25+,26-,27+/m1/s1. The number of cyclic esters (lactones) is 1. The van der Waals surface area contributed by atoms with Crippen LogP contribution in [0.2, 0.25) is 0 Å². The highest BCUT2D eigenvalue weighted by molar-refractivity contribution is 5.85. The molecule has 7 heteroatoms. The number of esters is 3. The molecule has 34 heavy (non-hydrogen) atoms. The SMILES string of the molecule is CC(=O)O[C@H]1CC[C@]2(C)C3CC[C@]4(C)[C@@H](C5=CC(=O)OC5)[C@@H](OC(C)=O)C[C@]4(O)C3CC[C@@H]2C1. The zero-order valence-corrected chi connectivity index (χ0v) is 20.8. The zero-order chi connectivity index (χ0) is 24.5. The van der Waals surface area contributed by atoms with Crippen LogP contribution >= 0.6 is 0 Å². The Kier molecular flexibility index (Phi) is 5.66. The second-order valence-electron chi connectivity index (χ2n) is 12.0. The topological polar surface area (TPSA) is 99.1 Å². The molecule has 5 aliphatic rings. The molecule has 1 heterocycles. The van der Waals surface area contributed by atoms with E-state index in [1.807, 2.05) is 0 Å². The number of hydrogen-bond donors (Lipinski definition) is 1. The minimum absolute atomic E-state index is 0.000108. The fraction of sp³-hybridized carbons (Fsp3) is 0.815. The van der Waals surface area contributed by atoms with Crippen molar-refractivity contribution in [3.8, 4) is 0 Å². The van der Waals surface area contributed by atoms with Crippen LogP contribution < -0.4 is 0 Å². The summed E-state index contributed by atoms with van der Waals surface area (Å²) in [5, 5.41) is 12.5. The number of hydrogen-bond acceptors (Lipinski definition) is 7. The number of fused-ring (bicyclic) bond motifs is 5. The third kappa shape index (κ3) is 3.44. The van der Waals surface area contributed by atoms with Crippen molar-refractivity contribution >= 4 is 17.9 Å². The lowest BCUT2D eigenvalue weighted by Crippen LogP contribution is -2.62. The molecule has 7 nitrogen and oxygen atoms in total. The average molecular weight is 475 g/mol. The number of aliphatic hydroxyl groups is 1. The molecule has 0 aromatic carbocycles. The van der Waals surface area contributed by atoms with Gasteiger partial charge in [-0.05, 0) is 73.7 Å². The van der Waals surface area contributed by atoms with Crippen molar-refractivity contribution in [2.45, 2.75) is 96.9 Å². The summed E-state index contributed by atoms with van der Waals surface area (Å²) in [6.45, 7) is 7.61. The van der Waals surface area contributed by atoms with E-state index >= 15 is 0 Å². The van der Waals surface area contributed by atoms with Crippen LogP contribution in [0.3, 0.4) is 0 Å². The van der Waals surface area contributed by atoms with Gasteiger partial charge in [-0.25, -0.2) is 4.79 Å². The molecule has 0 saturated heterocycles. The molecule has 0 aromatic heterocycles. The van der Waals surface area contributed by atoms with E-state index < -0.39 is 17.1 Å². The van der Waals surface area contributed by atoms with E-state index in [9.17, 15) is 19.5 Å². The van der Waals surface area contributed by atoms with Crippen LogP contribution in [0.25, 0.3) is 0 Å². The molecular formula is C27H38O7. The molecule has 0 radical (unpaired) electrons. The quantitative estimate of drug-likeness (QED) is 0.492. The lowest BCUT2D eigenvalue weighted by atomic mass is 9.43. The van der Waals surface area contributed by atoms with Gasteiger partial charge in [-0.1, -0.05) is 13.8 Å². The van der Waals surface area contributed by atoms with Crippen LogP contribution in [-0.4, -0.2) is 47.4 Å². The molecule has 5 rings (SSSR count). The van der Waals surface area contributed by atoms with Gasteiger partial charge in [0.05, 0.1) is 5.60 Å². The molecular weight excluding hydrogens is 436 g/mol. The third-order valence-electron chi connectivity index (χ3n) is 10.5. The summed E-state index contributed by atoms with van der Waals surface area (Å²) in [5.41, 5.74) is -0.535. The van der Waals surface area contributed by atoms with Crippen molar-refractivity contribution in [2.24, 2.45) is 34.5 Å². The summed E-state index contributed by atoms with van der Waals surface area (Å²) in [5.74, 6) is -0.190. The fourth-order valence-corrected chi connectivity index (χ4v) is 9.08. The molecule has 0 amide bonds. The van der Waals surface area contributed by atoms with Gasteiger partial charge in [0.15, 0.2) is 0 Å². The number of rotatable bonds is 3. The van der Waals surface area contributed by atoms with Crippen molar-refractivity contribution in [3.05, 3.63) is 11.6 Å². The van der Waals surface area contributed by atoms with Gasteiger partial charge in [0.2, 0.25) is 0 Å². The number of carbonyl (C=O) groups is 3. The monoisotopic (exact) mass is 474 g/mol.